The lowest BCUT2D eigenvalue weighted by Gasteiger charge is -2.16. The first-order chi connectivity index (χ1) is 10.8. The van der Waals surface area contributed by atoms with Gasteiger partial charge in [0.25, 0.3) is 0 Å². The Morgan fingerprint density at radius 1 is 1.23 bits per heavy atom. The Morgan fingerprint density at radius 3 is 2.95 bits per heavy atom. The number of aromatic amines is 1. The Balaban J connectivity index is 1.92. The summed E-state index contributed by atoms with van der Waals surface area (Å²) < 4.78 is 2.34. The summed E-state index contributed by atoms with van der Waals surface area (Å²) in [5, 5.41) is 1.40. The average Bonchev–Trinajstić information content (AvgIpc) is 2.84. The van der Waals surface area contributed by atoms with Crippen molar-refractivity contribution in [3.63, 3.8) is 0 Å². The molecule has 0 radical (unpaired) electrons. The first-order valence-electron chi connectivity index (χ1n) is 8.33. The van der Waals surface area contributed by atoms with Crippen LogP contribution in [0.15, 0.2) is 36.1 Å². The van der Waals surface area contributed by atoms with Gasteiger partial charge in [0.15, 0.2) is 6.20 Å². The van der Waals surface area contributed by atoms with Crippen molar-refractivity contribution in [2.45, 2.75) is 38.5 Å². The van der Waals surface area contributed by atoms with Gasteiger partial charge in [0, 0.05) is 30.3 Å². The van der Waals surface area contributed by atoms with Gasteiger partial charge in [-0.05, 0) is 55.7 Å². The molecule has 1 fully saturated rings. The Hall–Kier alpha value is -2.09. The van der Waals surface area contributed by atoms with Crippen molar-refractivity contribution in [2.75, 3.05) is 0 Å². The van der Waals surface area contributed by atoms with Gasteiger partial charge in [-0.3, -0.25) is 0 Å². The molecule has 0 aliphatic heterocycles. The van der Waals surface area contributed by atoms with Crippen LogP contribution in [0.3, 0.4) is 0 Å². The Morgan fingerprint density at radius 2 is 2.09 bits per heavy atom. The van der Waals surface area contributed by atoms with E-state index in [0.717, 1.165) is 25.7 Å². The van der Waals surface area contributed by atoms with Gasteiger partial charge in [-0.1, -0.05) is 18.2 Å². The second-order valence-corrected chi connectivity index (χ2v) is 6.50. The molecule has 1 saturated carbocycles. The molecule has 0 bridgehead atoms. The summed E-state index contributed by atoms with van der Waals surface area (Å²) in [6, 6.07) is 2.23. The molecule has 1 N–H and O–H groups in total. The number of hydrogen-bond donors (Lipinski definition) is 0. The van der Waals surface area contributed by atoms with E-state index in [1.807, 2.05) is 0 Å². The SMILES string of the molecule is C=C1CCCC/C1=C/c1[nH+]ccc2c3c(n(C)c12)C=CCC3. The van der Waals surface area contributed by atoms with Gasteiger partial charge < -0.3 is 4.57 Å². The number of H-pyrrole nitrogens is 1. The Kier molecular flexibility index (Phi) is 3.25. The number of aryl methyl sites for hydroxylation is 2. The zero-order chi connectivity index (χ0) is 15.1. The maximum Gasteiger partial charge on any atom is 0.228 e. The summed E-state index contributed by atoms with van der Waals surface area (Å²) in [5.74, 6) is 0. The highest BCUT2D eigenvalue weighted by Gasteiger charge is 2.21. The number of rotatable bonds is 1. The molecule has 22 heavy (non-hydrogen) atoms. The zero-order valence-corrected chi connectivity index (χ0v) is 13.3. The van der Waals surface area contributed by atoms with Crippen molar-refractivity contribution in [3.8, 4) is 0 Å². The van der Waals surface area contributed by atoms with Crippen LogP contribution in [0.1, 0.15) is 49.1 Å². The van der Waals surface area contributed by atoms with Crippen molar-refractivity contribution >= 4 is 23.1 Å². The first kappa shape index (κ1) is 13.6. The van der Waals surface area contributed by atoms with Crippen LogP contribution in [-0.4, -0.2) is 4.57 Å². The molecule has 2 aromatic heterocycles. The quantitative estimate of drug-likeness (QED) is 0.738. The van der Waals surface area contributed by atoms with E-state index in [1.165, 1.54) is 51.8 Å². The monoisotopic (exact) mass is 291 g/mol. The fraction of sp³-hybridized carbons (Fsp3) is 0.350. The van der Waals surface area contributed by atoms with E-state index in [9.17, 15) is 0 Å². The highest BCUT2D eigenvalue weighted by Crippen LogP contribution is 2.33. The highest BCUT2D eigenvalue weighted by atomic mass is 15.0. The minimum Gasteiger partial charge on any atom is -0.338 e. The van der Waals surface area contributed by atoms with Crippen molar-refractivity contribution in [3.05, 3.63) is 53.0 Å². The summed E-state index contributed by atoms with van der Waals surface area (Å²) in [4.78, 5) is 3.47. The lowest BCUT2D eigenvalue weighted by molar-refractivity contribution is -0.379. The number of fused-ring (bicyclic) bond motifs is 3. The number of allylic oxidation sites excluding steroid dienone is 3. The minimum absolute atomic E-state index is 1.15. The molecule has 2 aliphatic carbocycles. The highest BCUT2D eigenvalue weighted by molar-refractivity contribution is 5.92. The standard InChI is InChI=1S/C20H22N2/c1-14-7-3-4-8-15(14)13-18-20-17(11-12-21-18)16-9-5-6-10-19(16)22(20)2/h6,10-13H,1,3-5,7-9H2,2H3/p+1/b15-13-. The fourth-order valence-corrected chi connectivity index (χ4v) is 3.92. The molecule has 0 amide bonds. The summed E-state index contributed by atoms with van der Waals surface area (Å²) in [7, 11) is 2.18. The predicted octanol–water partition coefficient (Wildman–Crippen LogP) is 4.47. The van der Waals surface area contributed by atoms with Crippen LogP contribution in [0, 0.1) is 0 Å². The van der Waals surface area contributed by atoms with Crippen molar-refractivity contribution < 1.29 is 4.98 Å². The lowest BCUT2D eigenvalue weighted by Crippen LogP contribution is -2.09. The number of pyridine rings is 1. The van der Waals surface area contributed by atoms with E-state index in [2.05, 4.69) is 53.7 Å². The molecular weight excluding hydrogens is 268 g/mol. The third kappa shape index (κ3) is 2.06. The molecule has 0 unspecified atom stereocenters. The molecule has 2 aliphatic rings. The maximum absolute atomic E-state index is 4.26. The minimum atomic E-state index is 1.15. The smallest absolute Gasteiger partial charge is 0.228 e. The zero-order valence-electron chi connectivity index (χ0n) is 13.3. The summed E-state index contributed by atoms with van der Waals surface area (Å²) in [6.45, 7) is 4.26. The van der Waals surface area contributed by atoms with Crippen LogP contribution in [0.2, 0.25) is 0 Å². The summed E-state index contributed by atoms with van der Waals surface area (Å²) >= 11 is 0. The van der Waals surface area contributed by atoms with E-state index in [4.69, 9.17) is 0 Å². The Bertz CT molecular complexity index is 818. The number of nitrogens with zero attached hydrogens (tertiary/aromatic N) is 1. The van der Waals surface area contributed by atoms with Gasteiger partial charge in [-0.25, -0.2) is 4.98 Å². The second kappa shape index (κ2) is 5.28. The van der Waals surface area contributed by atoms with Crippen LogP contribution >= 0.6 is 0 Å². The van der Waals surface area contributed by atoms with Gasteiger partial charge in [0.1, 0.15) is 5.52 Å². The van der Waals surface area contributed by atoms with E-state index in [-0.39, 0.29) is 0 Å². The number of hydrogen-bond acceptors (Lipinski definition) is 0. The largest absolute Gasteiger partial charge is 0.338 e. The van der Waals surface area contributed by atoms with Gasteiger partial charge in [0.05, 0.1) is 0 Å². The molecule has 4 rings (SSSR count). The van der Waals surface area contributed by atoms with Crippen molar-refractivity contribution in [1.82, 2.24) is 4.57 Å². The Labute approximate surface area is 131 Å². The van der Waals surface area contributed by atoms with Crippen molar-refractivity contribution in [2.24, 2.45) is 7.05 Å². The number of nitrogens with one attached hydrogen (secondary N) is 1. The molecule has 2 nitrogen and oxygen atoms in total. The van der Waals surface area contributed by atoms with Gasteiger partial charge in [-0.15, -0.1) is 0 Å². The molecule has 2 heterocycles. The second-order valence-electron chi connectivity index (χ2n) is 6.50. The lowest BCUT2D eigenvalue weighted by atomic mass is 9.90. The molecule has 0 saturated heterocycles. The van der Waals surface area contributed by atoms with Gasteiger partial charge in [-0.2, -0.15) is 0 Å². The molecule has 2 aromatic rings. The predicted molar refractivity (Wildman–Crippen MR) is 92.4 cm³/mol. The fourth-order valence-electron chi connectivity index (χ4n) is 3.92. The topological polar surface area (TPSA) is 19.1 Å². The molecule has 2 heteroatoms. The average molecular weight is 291 g/mol. The van der Waals surface area contributed by atoms with E-state index in [0.29, 0.717) is 0 Å². The van der Waals surface area contributed by atoms with Gasteiger partial charge >= 0.3 is 0 Å². The molecular formula is C20H23N2+. The van der Waals surface area contributed by atoms with Gasteiger partial charge in [0.2, 0.25) is 5.69 Å². The molecule has 0 spiro atoms. The normalized spacial score (nSPS) is 19.9. The molecule has 0 aromatic carbocycles. The third-order valence-corrected chi connectivity index (χ3v) is 5.11. The third-order valence-electron chi connectivity index (χ3n) is 5.11. The molecule has 112 valence electrons. The summed E-state index contributed by atoms with van der Waals surface area (Å²) in [6.07, 6.45) is 16.1. The maximum atomic E-state index is 4.26. The van der Waals surface area contributed by atoms with E-state index < -0.39 is 0 Å². The van der Waals surface area contributed by atoms with Crippen molar-refractivity contribution in [1.29, 1.82) is 0 Å². The van der Waals surface area contributed by atoms with Crippen LogP contribution in [-0.2, 0) is 13.5 Å². The van der Waals surface area contributed by atoms with Crippen LogP contribution in [0.25, 0.3) is 23.1 Å². The first-order valence-corrected chi connectivity index (χ1v) is 8.33. The van der Waals surface area contributed by atoms with Crippen LogP contribution in [0.4, 0.5) is 0 Å². The van der Waals surface area contributed by atoms with E-state index in [1.54, 1.807) is 0 Å². The number of aromatic nitrogens is 2. The van der Waals surface area contributed by atoms with Crippen LogP contribution < -0.4 is 4.98 Å². The van der Waals surface area contributed by atoms with Crippen LogP contribution in [0.5, 0.6) is 0 Å². The van der Waals surface area contributed by atoms with E-state index >= 15 is 0 Å². The summed E-state index contributed by atoms with van der Waals surface area (Å²) in [5.41, 5.74) is 8.14. The molecule has 0 atom stereocenters.